The number of nitrogen functional groups attached to an aromatic ring is 1. The summed E-state index contributed by atoms with van der Waals surface area (Å²) in [6.45, 7) is 4.24. The molecule has 146 valence electrons. The van der Waals surface area contributed by atoms with Crippen LogP contribution in [0, 0.1) is 23.2 Å². The second-order valence-corrected chi connectivity index (χ2v) is 7.54. The number of hydrogen-bond donors (Lipinski definition) is 4. The third kappa shape index (κ3) is 4.92. The molecule has 27 heavy (non-hydrogen) atoms. The number of carbonyl (C=O) groups is 1. The highest BCUT2D eigenvalue weighted by Crippen LogP contribution is 2.39. The zero-order chi connectivity index (χ0) is 20.1. The number of nitrogens with two attached hydrogens (primary N) is 2. The minimum atomic E-state index is -0.341. The van der Waals surface area contributed by atoms with Crippen LogP contribution in [0.5, 0.6) is 0 Å². The first-order chi connectivity index (χ1) is 12.8. The van der Waals surface area contributed by atoms with Crippen molar-refractivity contribution in [2.24, 2.45) is 23.5 Å². The monoisotopic (exact) mass is 408 g/mol. The first-order valence-corrected chi connectivity index (χ1v) is 9.77. The van der Waals surface area contributed by atoms with Gasteiger partial charge in [-0.2, -0.15) is 0 Å². The minimum Gasteiger partial charge on any atom is -0.398 e. The quantitative estimate of drug-likeness (QED) is 0.395. The fourth-order valence-electron chi connectivity index (χ4n) is 3.31. The molecule has 0 aromatic heterocycles. The Morgan fingerprint density at radius 1 is 1.37 bits per heavy atom. The number of halogens is 2. The van der Waals surface area contributed by atoms with E-state index in [0.717, 1.165) is 0 Å². The zero-order valence-corrected chi connectivity index (χ0v) is 17.1. The SMILES string of the molecule is CCC(=N)c1cc(NC(=O)C(CCN)C2C=CC(Cl)=C(Cl)C2C)ccc1N. The van der Waals surface area contributed by atoms with Gasteiger partial charge in [-0.15, -0.1) is 0 Å². The van der Waals surface area contributed by atoms with Crippen molar-refractivity contribution in [2.75, 3.05) is 17.6 Å². The summed E-state index contributed by atoms with van der Waals surface area (Å²) in [4.78, 5) is 13.0. The molecule has 3 unspecified atom stereocenters. The van der Waals surface area contributed by atoms with Gasteiger partial charge in [-0.25, -0.2) is 0 Å². The maximum Gasteiger partial charge on any atom is 0.228 e. The molecule has 1 aliphatic rings. The number of amides is 1. The van der Waals surface area contributed by atoms with E-state index in [2.05, 4.69) is 5.32 Å². The predicted octanol–water partition coefficient (Wildman–Crippen LogP) is 4.46. The summed E-state index contributed by atoms with van der Waals surface area (Å²) < 4.78 is 0. The molecule has 1 amide bonds. The lowest BCUT2D eigenvalue weighted by atomic mass is 9.77. The highest BCUT2D eigenvalue weighted by molar-refractivity contribution is 6.40. The average molecular weight is 409 g/mol. The van der Waals surface area contributed by atoms with E-state index in [1.54, 1.807) is 24.3 Å². The van der Waals surface area contributed by atoms with Crippen LogP contribution in [0.25, 0.3) is 0 Å². The first-order valence-electron chi connectivity index (χ1n) is 9.01. The van der Waals surface area contributed by atoms with Crippen LogP contribution < -0.4 is 16.8 Å². The molecular weight excluding hydrogens is 383 g/mol. The maximum absolute atomic E-state index is 13.0. The molecule has 6 N–H and O–H groups in total. The minimum absolute atomic E-state index is 0.0679. The molecule has 1 aliphatic carbocycles. The van der Waals surface area contributed by atoms with Gasteiger partial charge in [0.2, 0.25) is 5.91 Å². The van der Waals surface area contributed by atoms with E-state index in [4.69, 9.17) is 40.1 Å². The topological polar surface area (TPSA) is 105 Å². The Labute approximate surface area is 170 Å². The third-order valence-corrected chi connectivity index (χ3v) is 5.92. The zero-order valence-electron chi connectivity index (χ0n) is 15.6. The van der Waals surface area contributed by atoms with Gasteiger partial charge < -0.3 is 22.2 Å². The number of nitrogens with one attached hydrogen (secondary N) is 2. The number of anilines is 2. The Bertz CT molecular complexity index is 788. The Morgan fingerprint density at radius 3 is 2.70 bits per heavy atom. The second-order valence-electron chi connectivity index (χ2n) is 6.73. The van der Waals surface area contributed by atoms with Crippen LogP contribution >= 0.6 is 23.2 Å². The molecule has 2 rings (SSSR count). The molecule has 3 atom stereocenters. The van der Waals surface area contributed by atoms with Gasteiger partial charge in [-0.1, -0.05) is 43.1 Å². The molecule has 0 bridgehead atoms. The van der Waals surface area contributed by atoms with E-state index < -0.39 is 0 Å². The lowest BCUT2D eigenvalue weighted by Gasteiger charge is -2.31. The molecule has 0 radical (unpaired) electrons. The maximum atomic E-state index is 13.0. The van der Waals surface area contributed by atoms with E-state index in [1.165, 1.54) is 0 Å². The number of carbonyl (C=O) groups excluding carboxylic acids is 1. The molecule has 0 aliphatic heterocycles. The molecular formula is C20H26Cl2N4O. The number of rotatable bonds is 7. The van der Waals surface area contributed by atoms with Crippen molar-refractivity contribution in [3.8, 4) is 0 Å². The highest BCUT2D eigenvalue weighted by atomic mass is 35.5. The number of hydrogen-bond acceptors (Lipinski definition) is 4. The molecule has 0 saturated carbocycles. The summed E-state index contributed by atoms with van der Waals surface area (Å²) in [6.07, 6.45) is 4.77. The fraction of sp³-hybridized carbons (Fsp3) is 0.400. The van der Waals surface area contributed by atoms with Crippen LogP contribution in [-0.4, -0.2) is 18.2 Å². The summed E-state index contributed by atoms with van der Waals surface area (Å²) in [6, 6.07) is 5.18. The molecule has 7 heteroatoms. The van der Waals surface area contributed by atoms with E-state index in [1.807, 2.05) is 19.9 Å². The van der Waals surface area contributed by atoms with Crippen molar-refractivity contribution in [3.63, 3.8) is 0 Å². The second kappa shape index (κ2) is 9.40. The number of allylic oxidation sites excluding steroid dienone is 4. The molecule has 1 aromatic carbocycles. The van der Waals surface area contributed by atoms with Gasteiger partial charge in [-0.05, 0) is 49.6 Å². The lowest BCUT2D eigenvalue weighted by Crippen LogP contribution is -2.34. The summed E-state index contributed by atoms with van der Waals surface area (Å²) in [5, 5.41) is 12.0. The first kappa shape index (κ1) is 21.5. The van der Waals surface area contributed by atoms with Crippen LogP contribution in [0.15, 0.2) is 40.4 Å². The highest BCUT2D eigenvalue weighted by Gasteiger charge is 2.34. The largest absolute Gasteiger partial charge is 0.398 e. The van der Waals surface area contributed by atoms with Gasteiger partial charge in [-0.3, -0.25) is 4.79 Å². The van der Waals surface area contributed by atoms with Crippen LogP contribution in [0.4, 0.5) is 11.4 Å². The van der Waals surface area contributed by atoms with E-state index in [9.17, 15) is 4.79 Å². The third-order valence-electron chi connectivity index (χ3n) is 4.95. The summed E-state index contributed by atoms with van der Waals surface area (Å²) in [5.74, 6) is -0.637. The molecule has 1 aromatic rings. The smallest absolute Gasteiger partial charge is 0.228 e. The van der Waals surface area contributed by atoms with Crippen molar-refractivity contribution < 1.29 is 4.79 Å². The Balaban J connectivity index is 2.24. The number of benzene rings is 1. The van der Waals surface area contributed by atoms with Crippen molar-refractivity contribution in [1.82, 2.24) is 0 Å². The average Bonchev–Trinajstić information content (AvgIpc) is 2.65. The van der Waals surface area contributed by atoms with Crippen LogP contribution in [0.3, 0.4) is 0 Å². The standard InChI is InChI=1S/C20H26Cl2N4O/c1-3-17(24)15-10-12(4-7-18(15)25)26-20(27)14(8-9-23)13-5-6-16(21)19(22)11(13)2/h4-7,10-11,13-14,24H,3,8-9,23,25H2,1-2H3,(H,26,27). The fourth-order valence-corrected chi connectivity index (χ4v) is 3.76. The summed E-state index contributed by atoms with van der Waals surface area (Å²) in [7, 11) is 0. The molecule has 5 nitrogen and oxygen atoms in total. The van der Waals surface area contributed by atoms with Crippen LogP contribution in [0.2, 0.25) is 0 Å². The van der Waals surface area contributed by atoms with Gasteiger partial charge in [0.15, 0.2) is 0 Å². The van der Waals surface area contributed by atoms with Crippen molar-refractivity contribution in [3.05, 3.63) is 46.0 Å². The van der Waals surface area contributed by atoms with Gasteiger partial charge in [0.05, 0.1) is 5.03 Å². The van der Waals surface area contributed by atoms with E-state index in [0.29, 0.717) is 52.1 Å². The van der Waals surface area contributed by atoms with Gasteiger partial charge in [0.1, 0.15) is 0 Å². The van der Waals surface area contributed by atoms with E-state index in [-0.39, 0.29) is 23.7 Å². The van der Waals surface area contributed by atoms with Gasteiger partial charge >= 0.3 is 0 Å². The Kier molecular flexibility index (Phi) is 7.48. The van der Waals surface area contributed by atoms with E-state index >= 15 is 0 Å². The predicted molar refractivity (Wildman–Crippen MR) is 114 cm³/mol. The summed E-state index contributed by atoms with van der Waals surface area (Å²) >= 11 is 12.4. The van der Waals surface area contributed by atoms with Gasteiger partial charge in [0, 0.05) is 39.5 Å². The van der Waals surface area contributed by atoms with Gasteiger partial charge in [0.25, 0.3) is 0 Å². The molecule has 0 saturated heterocycles. The Hall–Kier alpha value is -1.82. The molecule has 0 heterocycles. The van der Waals surface area contributed by atoms with Crippen molar-refractivity contribution >= 4 is 46.2 Å². The Morgan fingerprint density at radius 2 is 2.07 bits per heavy atom. The van der Waals surface area contributed by atoms with Crippen molar-refractivity contribution in [2.45, 2.75) is 26.7 Å². The van der Waals surface area contributed by atoms with Crippen molar-refractivity contribution in [1.29, 1.82) is 5.41 Å². The summed E-state index contributed by atoms with van der Waals surface area (Å²) in [5.41, 5.74) is 13.9. The van der Waals surface area contributed by atoms with Crippen LogP contribution in [-0.2, 0) is 4.79 Å². The lowest BCUT2D eigenvalue weighted by molar-refractivity contribution is -0.121. The molecule has 0 spiro atoms. The van der Waals surface area contributed by atoms with Crippen LogP contribution in [0.1, 0.15) is 32.3 Å². The normalized spacial score (nSPS) is 20.5. The molecule has 0 fully saturated rings.